The molecule has 1 aliphatic heterocycles. The number of anilines is 1. The van der Waals surface area contributed by atoms with Gasteiger partial charge in [0.1, 0.15) is 5.82 Å². The van der Waals surface area contributed by atoms with Gasteiger partial charge in [-0.15, -0.1) is 0 Å². The highest BCUT2D eigenvalue weighted by atomic mass is 32.2. The minimum atomic E-state index is -3.60. The zero-order chi connectivity index (χ0) is 19.9. The van der Waals surface area contributed by atoms with Crippen molar-refractivity contribution in [2.75, 3.05) is 36.8 Å². The second-order valence-corrected chi connectivity index (χ2v) is 8.79. The molecule has 1 heterocycles. The van der Waals surface area contributed by atoms with E-state index in [4.69, 9.17) is 0 Å². The number of sulfonamides is 1. The normalized spacial score (nSPS) is 16.9. The van der Waals surface area contributed by atoms with Crippen LogP contribution in [0, 0.1) is 5.82 Å². The zero-order valence-electron chi connectivity index (χ0n) is 15.6. The van der Waals surface area contributed by atoms with Crippen molar-refractivity contribution in [1.29, 1.82) is 0 Å². The Morgan fingerprint density at radius 1 is 1.19 bits per heavy atom. The van der Waals surface area contributed by atoms with E-state index in [1.807, 2.05) is 11.8 Å². The first kappa shape index (κ1) is 21.6. The standard InChI is InChI=1S/C18H28FN3O4S/c1-2-3-4-5-18(22(24)15-23)14-27(25,26)21-12-10-20(11-13-21)17-8-6-16(19)7-9-17/h6-9,15,18,24H,2-5,10-14H2,1H3. The quantitative estimate of drug-likeness (QED) is 0.281. The summed E-state index contributed by atoms with van der Waals surface area (Å²) in [5.41, 5.74) is 0.855. The molecule has 0 spiro atoms. The Bertz CT molecular complexity index is 691. The average Bonchev–Trinajstić information content (AvgIpc) is 2.67. The third kappa shape index (κ3) is 6.15. The number of hydroxylamine groups is 2. The largest absolute Gasteiger partial charge is 0.369 e. The predicted molar refractivity (Wildman–Crippen MR) is 102 cm³/mol. The van der Waals surface area contributed by atoms with Crippen LogP contribution in [0.4, 0.5) is 10.1 Å². The Morgan fingerprint density at radius 2 is 1.81 bits per heavy atom. The summed E-state index contributed by atoms with van der Waals surface area (Å²) >= 11 is 0. The number of amides is 1. The number of hydrogen-bond acceptors (Lipinski definition) is 5. The van der Waals surface area contributed by atoms with E-state index >= 15 is 0 Å². The summed E-state index contributed by atoms with van der Waals surface area (Å²) in [6.45, 7) is 3.66. The molecular formula is C18H28FN3O4S. The molecule has 1 aromatic carbocycles. The molecule has 0 aromatic heterocycles. The number of carbonyl (C=O) groups is 1. The van der Waals surface area contributed by atoms with Gasteiger partial charge in [-0.2, -0.15) is 4.31 Å². The van der Waals surface area contributed by atoms with Crippen LogP contribution in [-0.2, 0) is 14.8 Å². The monoisotopic (exact) mass is 401 g/mol. The summed E-state index contributed by atoms with van der Waals surface area (Å²) in [4.78, 5) is 12.9. The van der Waals surface area contributed by atoms with Crippen molar-refractivity contribution in [2.24, 2.45) is 0 Å². The minimum absolute atomic E-state index is 0.263. The van der Waals surface area contributed by atoms with E-state index in [-0.39, 0.29) is 18.0 Å². The van der Waals surface area contributed by atoms with Gasteiger partial charge in [0.05, 0.1) is 11.8 Å². The van der Waals surface area contributed by atoms with Crippen molar-refractivity contribution in [2.45, 2.75) is 38.6 Å². The Morgan fingerprint density at radius 3 is 2.37 bits per heavy atom. The molecule has 1 aromatic rings. The van der Waals surface area contributed by atoms with Gasteiger partial charge in [-0.05, 0) is 30.7 Å². The number of hydrogen-bond donors (Lipinski definition) is 1. The molecule has 9 heteroatoms. The van der Waals surface area contributed by atoms with E-state index in [9.17, 15) is 22.8 Å². The maximum Gasteiger partial charge on any atom is 0.233 e. The number of unbranched alkanes of at least 4 members (excludes halogenated alkanes) is 2. The van der Waals surface area contributed by atoms with Crippen LogP contribution in [0.25, 0.3) is 0 Å². The van der Waals surface area contributed by atoms with Gasteiger partial charge in [0.2, 0.25) is 16.4 Å². The molecule has 0 aliphatic carbocycles. The second-order valence-electron chi connectivity index (χ2n) is 6.78. The molecule has 27 heavy (non-hydrogen) atoms. The first-order valence-corrected chi connectivity index (χ1v) is 10.9. The highest BCUT2D eigenvalue weighted by Gasteiger charge is 2.31. The predicted octanol–water partition coefficient (Wildman–Crippen LogP) is 2.07. The average molecular weight is 402 g/mol. The summed E-state index contributed by atoms with van der Waals surface area (Å²) in [6, 6.07) is 5.38. The summed E-state index contributed by atoms with van der Waals surface area (Å²) in [6.07, 6.45) is 3.34. The lowest BCUT2D eigenvalue weighted by atomic mass is 10.1. The van der Waals surface area contributed by atoms with Crippen LogP contribution in [0.15, 0.2) is 24.3 Å². The number of benzene rings is 1. The maximum absolute atomic E-state index is 13.0. The van der Waals surface area contributed by atoms with Crippen molar-refractivity contribution in [3.05, 3.63) is 30.1 Å². The van der Waals surface area contributed by atoms with E-state index in [1.54, 1.807) is 12.1 Å². The molecule has 152 valence electrons. The molecule has 1 unspecified atom stereocenters. The third-order valence-corrected chi connectivity index (χ3v) is 6.81. The van der Waals surface area contributed by atoms with Crippen LogP contribution < -0.4 is 4.90 Å². The van der Waals surface area contributed by atoms with Crippen LogP contribution in [0.3, 0.4) is 0 Å². The number of nitrogens with zero attached hydrogens (tertiary/aromatic N) is 3. The summed E-state index contributed by atoms with van der Waals surface area (Å²) in [5, 5.41) is 10.2. The second kappa shape index (κ2) is 10.0. The van der Waals surface area contributed by atoms with Gasteiger partial charge >= 0.3 is 0 Å². The third-order valence-electron chi connectivity index (χ3n) is 4.85. The molecule has 7 nitrogen and oxygen atoms in total. The van der Waals surface area contributed by atoms with Gasteiger partial charge in [0, 0.05) is 31.9 Å². The molecule has 1 fully saturated rings. The number of rotatable bonds is 10. The van der Waals surface area contributed by atoms with E-state index in [0.29, 0.717) is 37.7 Å². The summed E-state index contributed by atoms with van der Waals surface area (Å²) in [5.74, 6) is -0.597. The van der Waals surface area contributed by atoms with E-state index in [2.05, 4.69) is 0 Å². The van der Waals surface area contributed by atoms with Gasteiger partial charge in [-0.1, -0.05) is 26.2 Å². The van der Waals surface area contributed by atoms with Gasteiger partial charge < -0.3 is 4.90 Å². The fourth-order valence-electron chi connectivity index (χ4n) is 3.23. The first-order valence-electron chi connectivity index (χ1n) is 9.28. The van der Waals surface area contributed by atoms with Crippen LogP contribution in [0.1, 0.15) is 32.6 Å². The molecular weight excluding hydrogens is 373 g/mol. The Labute approximate surface area is 160 Å². The summed E-state index contributed by atoms with van der Waals surface area (Å²) in [7, 11) is -3.60. The van der Waals surface area contributed by atoms with E-state index < -0.39 is 16.1 Å². The Kier molecular flexibility index (Phi) is 8.00. The van der Waals surface area contributed by atoms with Crippen molar-refractivity contribution in [1.82, 2.24) is 9.37 Å². The fraction of sp³-hybridized carbons (Fsp3) is 0.611. The first-order chi connectivity index (χ1) is 12.9. The zero-order valence-corrected chi connectivity index (χ0v) is 16.4. The highest BCUT2D eigenvalue weighted by molar-refractivity contribution is 7.89. The molecule has 1 saturated heterocycles. The minimum Gasteiger partial charge on any atom is -0.369 e. The molecule has 1 amide bonds. The fourth-order valence-corrected chi connectivity index (χ4v) is 4.97. The molecule has 1 aliphatic rings. The number of piperazine rings is 1. The molecule has 0 bridgehead atoms. The van der Waals surface area contributed by atoms with Crippen molar-refractivity contribution in [3.8, 4) is 0 Å². The van der Waals surface area contributed by atoms with E-state index in [1.165, 1.54) is 16.4 Å². The van der Waals surface area contributed by atoms with Crippen molar-refractivity contribution >= 4 is 22.1 Å². The SMILES string of the molecule is CCCCCC(CS(=O)(=O)N1CCN(c2ccc(F)cc2)CC1)N(O)C=O. The van der Waals surface area contributed by atoms with Crippen LogP contribution >= 0.6 is 0 Å². The lowest BCUT2D eigenvalue weighted by Crippen LogP contribution is -2.51. The number of halogens is 1. The van der Waals surface area contributed by atoms with Crippen molar-refractivity contribution in [3.63, 3.8) is 0 Å². The number of carbonyl (C=O) groups excluding carboxylic acids is 1. The smallest absolute Gasteiger partial charge is 0.233 e. The van der Waals surface area contributed by atoms with Gasteiger partial charge in [-0.3, -0.25) is 10.0 Å². The van der Waals surface area contributed by atoms with Crippen LogP contribution in [-0.4, -0.2) is 67.4 Å². The molecule has 1 atom stereocenters. The van der Waals surface area contributed by atoms with Crippen LogP contribution in [0.2, 0.25) is 0 Å². The highest BCUT2D eigenvalue weighted by Crippen LogP contribution is 2.19. The maximum atomic E-state index is 13.0. The molecule has 0 saturated carbocycles. The lowest BCUT2D eigenvalue weighted by Gasteiger charge is -2.36. The van der Waals surface area contributed by atoms with Crippen molar-refractivity contribution < 1.29 is 22.8 Å². The summed E-state index contributed by atoms with van der Waals surface area (Å²) < 4.78 is 39.9. The Balaban J connectivity index is 1.95. The molecule has 2 rings (SSSR count). The van der Waals surface area contributed by atoms with E-state index in [0.717, 1.165) is 24.9 Å². The topological polar surface area (TPSA) is 81.2 Å². The van der Waals surface area contributed by atoms with Gasteiger partial charge in [0.25, 0.3) is 0 Å². The molecule has 0 radical (unpaired) electrons. The Hall–Kier alpha value is -1.71. The lowest BCUT2D eigenvalue weighted by molar-refractivity contribution is -0.158. The van der Waals surface area contributed by atoms with Gasteiger partial charge in [0.15, 0.2) is 0 Å². The molecule has 1 N–H and O–H groups in total. The van der Waals surface area contributed by atoms with Crippen LogP contribution in [0.5, 0.6) is 0 Å². The van der Waals surface area contributed by atoms with Gasteiger partial charge in [-0.25, -0.2) is 17.9 Å².